The van der Waals surface area contributed by atoms with Gasteiger partial charge < -0.3 is 16.0 Å². The van der Waals surface area contributed by atoms with Gasteiger partial charge in [0, 0.05) is 25.7 Å². The zero-order chi connectivity index (χ0) is 13.0. The number of rotatable bonds is 6. The van der Waals surface area contributed by atoms with Crippen LogP contribution in [0.2, 0.25) is 0 Å². The lowest BCUT2D eigenvalue weighted by Crippen LogP contribution is -2.51. The highest BCUT2D eigenvalue weighted by atomic mass is 15.1. The van der Waals surface area contributed by atoms with Crippen LogP contribution in [0.4, 0.5) is 11.6 Å². The summed E-state index contributed by atoms with van der Waals surface area (Å²) in [5.41, 5.74) is 0.288. The van der Waals surface area contributed by atoms with E-state index in [-0.39, 0.29) is 5.41 Å². The van der Waals surface area contributed by atoms with Crippen molar-refractivity contribution >= 4 is 11.6 Å². The zero-order valence-electron chi connectivity index (χ0n) is 11.5. The Hall–Kier alpha value is -1.36. The van der Waals surface area contributed by atoms with Crippen LogP contribution in [0, 0.1) is 5.41 Å². The molecule has 100 valence electrons. The molecule has 0 aliphatic carbocycles. The molecule has 0 radical (unpaired) electrons. The van der Waals surface area contributed by atoms with Crippen molar-refractivity contribution in [1.29, 1.82) is 0 Å². The SMILES string of the molecule is CCC(C)(C)CNc1cc(NC2CNC2)ncn1. The fraction of sp³-hybridized carbons (Fsp3) is 0.692. The first-order valence-electron chi connectivity index (χ1n) is 6.62. The van der Waals surface area contributed by atoms with Crippen LogP contribution in [0.1, 0.15) is 27.2 Å². The number of hydrogen-bond acceptors (Lipinski definition) is 5. The molecule has 5 heteroatoms. The highest BCUT2D eigenvalue weighted by Crippen LogP contribution is 2.20. The van der Waals surface area contributed by atoms with Gasteiger partial charge in [0.2, 0.25) is 0 Å². The average molecular weight is 249 g/mol. The molecule has 1 fully saturated rings. The van der Waals surface area contributed by atoms with Gasteiger partial charge in [-0.25, -0.2) is 9.97 Å². The first-order chi connectivity index (χ1) is 8.59. The Labute approximate surface area is 109 Å². The molecule has 0 atom stereocenters. The predicted molar refractivity (Wildman–Crippen MR) is 74.9 cm³/mol. The normalized spacial score (nSPS) is 16.2. The molecule has 1 aliphatic heterocycles. The van der Waals surface area contributed by atoms with Crippen molar-refractivity contribution in [3.05, 3.63) is 12.4 Å². The van der Waals surface area contributed by atoms with Crippen LogP contribution < -0.4 is 16.0 Å². The van der Waals surface area contributed by atoms with Gasteiger partial charge in [0.15, 0.2) is 0 Å². The maximum Gasteiger partial charge on any atom is 0.131 e. The van der Waals surface area contributed by atoms with Crippen LogP contribution in [0.3, 0.4) is 0 Å². The van der Waals surface area contributed by atoms with E-state index in [0.29, 0.717) is 6.04 Å². The molecule has 0 spiro atoms. The second-order valence-electron chi connectivity index (χ2n) is 5.66. The zero-order valence-corrected chi connectivity index (χ0v) is 11.5. The van der Waals surface area contributed by atoms with Gasteiger partial charge in [-0.1, -0.05) is 20.8 Å². The number of nitrogens with one attached hydrogen (secondary N) is 3. The molecule has 0 saturated carbocycles. The number of nitrogens with zero attached hydrogens (tertiary/aromatic N) is 2. The quantitative estimate of drug-likeness (QED) is 0.716. The summed E-state index contributed by atoms with van der Waals surface area (Å²) >= 11 is 0. The van der Waals surface area contributed by atoms with Crippen LogP contribution in [-0.4, -0.2) is 35.6 Å². The molecular formula is C13H23N5. The van der Waals surface area contributed by atoms with Gasteiger partial charge >= 0.3 is 0 Å². The van der Waals surface area contributed by atoms with Gasteiger partial charge in [-0.15, -0.1) is 0 Å². The minimum atomic E-state index is 0.288. The molecule has 1 saturated heterocycles. The van der Waals surface area contributed by atoms with Gasteiger partial charge in [0.25, 0.3) is 0 Å². The molecule has 0 unspecified atom stereocenters. The third kappa shape index (κ3) is 3.57. The van der Waals surface area contributed by atoms with E-state index < -0.39 is 0 Å². The first kappa shape index (κ1) is 13.1. The molecule has 1 aromatic heterocycles. The van der Waals surface area contributed by atoms with Crippen molar-refractivity contribution in [3.63, 3.8) is 0 Å². The van der Waals surface area contributed by atoms with E-state index in [1.165, 1.54) is 0 Å². The average Bonchev–Trinajstić information content (AvgIpc) is 2.32. The Morgan fingerprint density at radius 3 is 2.67 bits per heavy atom. The monoisotopic (exact) mass is 249 g/mol. The first-order valence-corrected chi connectivity index (χ1v) is 6.62. The van der Waals surface area contributed by atoms with Crippen molar-refractivity contribution in [3.8, 4) is 0 Å². The van der Waals surface area contributed by atoms with E-state index >= 15 is 0 Å². The Morgan fingerprint density at radius 1 is 1.33 bits per heavy atom. The lowest BCUT2D eigenvalue weighted by Gasteiger charge is -2.28. The lowest BCUT2D eigenvalue weighted by molar-refractivity contribution is 0.376. The molecule has 5 nitrogen and oxygen atoms in total. The van der Waals surface area contributed by atoms with Gasteiger partial charge in [-0.3, -0.25) is 0 Å². The van der Waals surface area contributed by atoms with Gasteiger partial charge in [-0.2, -0.15) is 0 Å². The summed E-state index contributed by atoms with van der Waals surface area (Å²) in [5, 5.41) is 9.98. The largest absolute Gasteiger partial charge is 0.369 e. The molecular weight excluding hydrogens is 226 g/mol. The lowest BCUT2D eigenvalue weighted by atomic mass is 9.90. The predicted octanol–water partition coefficient (Wildman–Crippen LogP) is 1.71. The minimum absolute atomic E-state index is 0.288. The van der Waals surface area contributed by atoms with Crippen molar-refractivity contribution in [2.24, 2.45) is 5.41 Å². The van der Waals surface area contributed by atoms with E-state index in [1.54, 1.807) is 6.33 Å². The van der Waals surface area contributed by atoms with Crippen LogP contribution >= 0.6 is 0 Å². The maximum atomic E-state index is 4.25. The fourth-order valence-corrected chi connectivity index (χ4v) is 1.59. The number of aromatic nitrogens is 2. The molecule has 3 N–H and O–H groups in total. The maximum absolute atomic E-state index is 4.25. The van der Waals surface area contributed by atoms with Gasteiger partial charge in [0.1, 0.15) is 18.0 Å². The van der Waals surface area contributed by atoms with E-state index in [9.17, 15) is 0 Å². The molecule has 18 heavy (non-hydrogen) atoms. The molecule has 2 rings (SSSR count). The van der Waals surface area contributed by atoms with E-state index in [0.717, 1.165) is 37.7 Å². The van der Waals surface area contributed by atoms with Crippen LogP contribution in [0.15, 0.2) is 12.4 Å². The summed E-state index contributed by atoms with van der Waals surface area (Å²) in [6.45, 7) is 9.65. The summed E-state index contributed by atoms with van der Waals surface area (Å²) in [6, 6.07) is 2.48. The van der Waals surface area contributed by atoms with Crippen molar-refractivity contribution < 1.29 is 0 Å². The smallest absolute Gasteiger partial charge is 0.131 e. The van der Waals surface area contributed by atoms with E-state index in [1.807, 2.05) is 6.07 Å². The molecule has 2 heterocycles. The topological polar surface area (TPSA) is 61.9 Å². The molecule has 1 aliphatic rings. The summed E-state index contributed by atoms with van der Waals surface area (Å²) in [4.78, 5) is 8.49. The highest BCUT2D eigenvalue weighted by Gasteiger charge is 2.17. The Morgan fingerprint density at radius 2 is 2.06 bits per heavy atom. The van der Waals surface area contributed by atoms with Crippen molar-refractivity contribution in [2.45, 2.75) is 33.2 Å². The van der Waals surface area contributed by atoms with Crippen molar-refractivity contribution in [1.82, 2.24) is 15.3 Å². The molecule has 0 bridgehead atoms. The highest BCUT2D eigenvalue weighted by molar-refractivity contribution is 5.47. The summed E-state index contributed by atoms with van der Waals surface area (Å²) < 4.78 is 0. The second-order valence-corrected chi connectivity index (χ2v) is 5.66. The van der Waals surface area contributed by atoms with Crippen LogP contribution in [-0.2, 0) is 0 Å². The standard InChI is InChI=1S/C13H23N5/c1-4-13(2,3)8-15-11-5-12(17-9-16-11)18-10-6-14-7-10/h5,9-10,14H,4,6-8H2,1-3H3,(H2,15,16,17,18). The number of anilines is 2. The second kappa shape index (κ2) is 5.52. The van der Waals surface area contributed by atoms with E-state index in [4.69, 9.17) is 0 Å². The minimum Gasteiger partial charge on any atom is -0.369 e. The fourth-order valence-electron chi connectivity index (χ4n) is 1.59. The van der Waals surface area contributed by atoms with Gasteiger partial charge in [-0.05, 0) is 11.8 Å². The molecule has 0 aromatic carbocycles. The summed E-state index contributed by atoms with van der Waals surface area (Å²) in [7, 11) is 0. The summed E-state index contributed by atoms with van der Waals surface area (Å²) in [5.74, 6) is 1.79. The Kier molecular flexibility index (Phi) is 4.01. The van der Waals surface area contributed by atoms with E-state index in [2.05, 4.69) is 46.7 Å². The molecule has 1 aromatic rings. The van der Waals surface area contributed by atoms with Crippen LogP contribution in [0.25, 0.3) is 0 Å². The van der Waals surface area contributed by atoms with Crippen molar-refractivity contribution in [2.75, 3.05) is 30.3 Å². The number of hydrogen-bond donors (Lipinski definition) is 3. The summed E-state index contributed by atoms with van der Waals surface area (Å²) in [6.07, 6.45) is 2.75. The third-order valence-electron chi connectivity index (χ3n) is 3.51. The van der Waals surface area contributed by atoms with Crippen LogP contribution in [0.5, 0.6) is 0 Å². The Bertz CT molecular complexity index is 387. The molecule has 0 amide bonds. The van der Waals surface area contributed by atoms with Gasteiger partial charge in [0.05, 0.1) is 6.04 Å². The Balaban J connectivity index is 1.90. The third-order valence-corrected chi connectivity index (χ3v) is 3.51.